The Labute approximate surface area is 85.9 Å². The molecule has 2 unspecified atom stereocenters. The lowest BCUT2D eigenvalue weighted by Gasteiger charge is -2.07. The molecule has 0 amide bonds. The predicted octanol–water partition coefficient (Wildman–Crippen LogP) is 2.62. The summed E-state index contributed by atoms with van der Waals surface area (Å²) in [6, 6.07) is 6.07. The Morgan fingerprint density at radius 2 is 2.36 bits per heavy atom. The zero-order chi connectivity index (χ0) is 10.3. The first-order chi connectivity index (χ1) is 6.58. The van der Waals surface area contributed by atoms with Gasteiger partial charge in [0.25, 0.3) is 0 Å². The molecule has 4 heteroatoms. The first-order valence-electron chi connectivity index (χ1n) is 4.11. The van der Waals surface area contributed by atoms with Gasteiger partial charge in [-0.05, 0) is 19.1 Å². The Hall–Kier alpha value is -1.11. The number of nitriles is 1. The van der Waals surface area contributed by atoms with Gasteiger partial charge in [-0.15, -0.1) is 0 Å². The molecular weight excluding hydrogens is 205 g/mol. The second-order valence-electron chi connectivity index (χ2n) is 3.36. The van der Waals surface area contributed by atoms with Crippen LogP contribution in [0.25, 0.3) is 0 Å². The van der Waals surface area contributed by atoms with Crippen LogP contribution in [-0.2, 0) is 10.3 Å². The molecule has 14 heavy (non-hydrogen) atoms. The maximum Gasteiger partial charge on any atom is 0.178 e. The van der Waals surface area contributed by atoms with Crippen LogP contribution in [0.3, 0.4) is 0 Å². The summed E-state index contributed by atoms with van der Waals surface area (Å²) < 4.78 is 17.9. The lowest BCUT2D eigenvalue weighted by Crippen LogP contribution is -2.07. The smallest absolute Gasteiger partial charge is 0.178 e. The molecule has 0 bridgehead atoms. The highest BCUT2D eigenvalue weighted by Gasteiger charge is 2.55. The number of hydrogen-bond acceptors (Lipinski definition) is 2. The van der Waals surface area contributed by atoms with E-state index < -0.39 is 17.5 Å². The number of hydrogen-bond donors (Lipinski definition) is 0. The van der Waals surface area contributed by atoms with E-state index in [0.717, 1.165) is 0 Å². The molecule has 1 aromatic rings. The van der Waals surface area contributed by atoms with Crippen molar-refractivity contribution in [2.75, 3.05) is 0 Å². The van der Waals surface area contributed by atoms with E-state index in [2.05, 4.69) is 0 Å². The van der Waals surface area contributed by atoms with Crippen LogP contribution in [0.15, 0.2) is 18.2 Å². The topological polar surface area (TPSA) is 36.3 Å². The monoisotopic (exact) mass is 211 g/mol. The summed E-state index contributed by atoms with van der Waals surface area (Å²) in [6.45, 7) is 1.76. The van der Waals surface area contributed by atoms with E-state index in [0.29, 0.717) is 10.6 Å². The molecule has 1 aliphatic heterocycles. The Kier molecular flexibility index (Phi) is 1.99. The van der Waals surface area contributed by atoms with Gasteiger partial charge >= 0.3 is 0 Å². The van der Waals surface area contributed by atoms with Crippen molar-refractivity contribution in [3.05, 3.63) is 34.6 Å². The lowest BCUT2D eigenvalue weighted by atomic mass is 9.98. The molecule has 0 aromatic heterocycles. The summed E-state index contributed by atoms with van der Waals surface area (Å²) >= 11 is 5.85. The van der Waals surface area contributed by atoms with E-state index in [4.69, 9.17) is 21.6 Å². The lowest BCUT2D eigenvalue weighted by molar-refractivity contribution is 0.321. The van der Waals surface area contributed by atoms with Crippen molar-refractivity contribution in [1.82, 2.24) is 0 Å². The van der Waals surface area contributed by atoms with Gasteiger partial charge in [0, 0.05) is 10.6 Å². The Balaban J connectivity index is 2.40. The molecule has 2 rings (SSSR count). The van der Waals surface area contributed by atoms with Gasteiger partial charge in [0.05, 0.1) is 6.07 Å². The Bertz CT molecular complexity index is 429. The van der Waals surface area contributed by atoms with Crippen LogP contribution in [0.1, 0.15) is 12.5 Å². The highest BCUT2D eigenvalue weighted by molar-refractivity contribution is 6.31. The molecule has 0 spiro atoms. The van der Waals surface area contributed by atoms with Crippen LogP contribution in [0.2, 0.25) is 5.02 Å². The van der Waals surface area contributed by atoms with E-state index in [9.17, 15) is 4.39 Å². The third-order valence-electron chi connectivity index (χ3n) is 2.39. The molecular formula is C10H7ClFNO. The fraction of sp³-hybridized carbons (Fsp3) is 0.300. The van der Waals surface area contributed by atoms with Gasteiger partial charge < -0.3 is 4.74 Å². The van der Waals surface area contributed by atoms with E-state index in [1.165, 1.54) is 12.1 Å². The number of rotatable bonds is 1. The SMILES string of the molecule is CC1(c2ccc(F)cc2Cl)OC1C#N. The highest BCUT2D eigenvalue weighted by Crippen LogP contribution is 2.47. The van der Waals surface area contributed by atoms with Crippen molar-refractivity contribution in [1.29, 1.82) is 5.26 Å². The van der Waals surface area contributed by atoms with Crippen molar-refractivity contribution in [3.8, 4) is 6.07 Å². The van der Waals surface area contributed by atoms with Gasteiger partial charge in [-0.3, -0.25) is 0 Å². The normalized spacial score (nSPS) is 29.7. The minimum atomic E-state index is -0.667. The summed E-state index contributed by atoms with van der Waals surface area (Å²) in [4.78, 5) is 0. The third-order valence-corrected chi connectivity index (χ3v) is 2.70. The summed E-state index contributed by atoms with van der Waals surface area (Å²) in [5.74, 6) is -0.392. The summed E-state index contributed by atoms with van der Waals surface area (Å²) in [6.07, 6.45) is -0.481. The molecule has 0 saturated carbocycles. The third kappa shape index (κ3) is 1.28. The summed E-state index contributed by atoms with van der Waals surface area (Å²) in [5.41, 5.74) is -0.00776. The van der Waals surface area contributed by atoms with Crippen molar-refractivity contribution in [2.45, 2.75) is 18.6 Å². The average Bonchev–Trinajstić information content (AvgIpc) is 2.77. The fourth-order valence-corrected chi connectivity index (χ4v) is 1.81. The van der Waals surface area contributed by atoms with Gasteiger partial charge in [0.15, 0.2) is 6.10 Å². The predicted molar refractivity (Wildman–Crippen MR) is 49.2 cm³/mol. The maximum absolute atomic E-state index is 12.7. The van der Waals surface area contributed by atoms with Crippen LogP contribution >= 0.6 is 11.6 Å². The first-order valence-corrected chi connectivity index (χ1v) is 4.48. The van der Waals surface area contributed by atoms with E-state index in [1.807, 2.05) is 6.07 Å². The van der Waals surface area contributed by atoms with Crippen LogP contribution in [-0.4, -0.2) is 6.10 Å². The standard InChI is InChI=1S/C10H7ClFNO/c1-10(9(5-13)14-10)7-3-2-6(12)4-8(7)11/h2-4,9H,1H3. The van der Waals surface area contributed by atoms with Crippen LogP contribution in [0, 0.1) is 17.1 Å². The molecule has 0 N–H and O–H groups in total. The van der Waals surface area contributed by atoms with Crippen molar-refractivity contribution >= 4 is 11.6 Å². The van der Waals surface area contributed by atoms with Crippen LogP contribution in [0.4, 0.5) is 4.39 Å². The van der Waals surface area contributed by atoms with Gasteiger partial charge in [0.2, 0.25) is 0 Å². The fourth-order valence-electron chi connectivity index (χ4n) is 1.46. The minimum Gasteiger partial charge on any atom is -0.345 e. The molecule has 1 saturated heterocycles. The molecule has 1 aromatic carbocycles. The van der Waals surface area contributed by atoms with Gasteiger partial charge in [-0.25, -0.2) is 4.39 Å². The van der Waals surface area contributed by atoms with Gasteiger partial charge in [0.1, 0.15) is 11.4 Å². The number of halogens is 2. The maximum atomic E-state index is 12.7. The molecule has 72 valence electrons. The molecule has 2 atom stereocenters. The van der Waals surface area contributed by atoms with E-state index >= 15 is 0 Å². The second kappa shape index (κ2) is 2.94. The second-order valence-corrected chi connectivity index (χ2v) is 3.77. The van der Waals surface area contributed by atoms with Crippen LogP contribution < -0.4 is 0 Å². The van der Waals surface area contributed by atoms with Gasteiger partial charge in [-0.1, -0.05) is 17.7 Å². The quantitative estimate of drug-likeness (QED) is 0.670. The molecule has 2 nitrogen and oxygen atoms in total. The zero-order valence-corrected chi connectivity index (χ0v) is 8.18. The van der Waals surface area contributed by atoms with Crippen molar-refractivity contribution in [3.63, 3.8) is 0 Å². The van der Waals surface area contributed by atoms with E-state index in [-0.39, 0.29) is 0 Å². The molecule has 0 aliphatic carbocycles. The Morgan fingerprint density at radius 1 is 1.64 bits per heavy atom. The number of nitrogens with zero attached hydrogens (tertiary/aromatic N) is 1. The van der Waals surface area contributed by atoms with Gasteiger partial charge in [-0.2, -0.15) is 5.26 Å². The molecule has 0 radical (unpaired) electrons. The molecule has 1 fully saturated rings. The molecule has 1 aliphatic rings. The summed E-state index contributed by atoms with van der Waals surface area (Å²) in [7, 11) is 0. The highest BCUT2D eigenvalue weighted by atomic mass is 35.5. The first kappa shape index (κ1) is 9.45. The van der Waals surface area contributed by atoms with Crippen molar-refractivity contribution < 1.29 is 9.13 Å². The number of epoxide rings is 1. The van der Waals surface area contributed by atoms with Crippen molar-refractivity contribution in [2.24, 2.45) is 0 Å². The molecule has 1 heterocycles. The van der Waals surface area contributed by atoms with Crippen LogP contribution in [0.5, 0.6) is 0 Å². The summed E-state index contributed by atoms with van der Waals surface area (Å²) in [5, 5.41) is 8.95. The van der Waals surface area contributed by atoms with E-state index in [1.54, 1.807) is 13.0 Å². The Morgan fingerprint density at radius 3 is 2.86 bits per heavy atom. The largest absolute Gasteiger partial charge is 0.345 e. The number of ether oxygens (including phenoxy) is 1. The minimum absolute atomic E-state index is 0.297. The number of benzene rings is 1. The zero-order valence-electron chi connectivity index (χ0n) is 7.42. The average molecular weight is 212 g/mol.